The number of aryl methyl sites for hydroxylation is 2. The zero-order chi connectivity index (χ0) is 15.0. The Bertz CT molecular complexity index is 839. The minimum absolute atomic E-state index is 0.00171. The highest BCUT2D eigenvalue weighted by molar-refractivity contribution is 5.53. The Morgan fingerprint density at radius 2 is 2.05 bits per heavy atom. The summed E-state index contributed by atoms with van der Waals surface area (Å²) >= 11 is 0. The fourth-order valence-corrected chi connectivity index (χ4v) is 2.21. The van der Waals surface area contributed by atoms with Crippen molar-refractivity contribution in [3.63, 3.8) is 0 Å². The van der Waals surface area contributed by atoms with Gasteiger partial charge < -0.3 is 14.9 Å². The van der Waals surface area contributed by atoms with Crippen molar-refractivity contribution in [1.29, 1.82) is 0 Å². The number of imidazole rings is 1. The second kappa shape index (κ2) is 4.90. The van der Waals surface area contributed by atoms with Crippen LogP contribution in [0, 0.1) is 24.0 Å². The lowest BCUT2D eigenvalue weighted by Crippen LogP contribution is -1.96. The van der Waals surface area contributed by atoms with Crippen LogP contribution in [0.5, 0.6) is 11.6 Å². The van der Waals surface area contributed by atoms with E-state index >= 15 is 0 Å². The summed E-state index contributed by atoms with van der Waals surface area (Å²) in [4.78, 5) is 15.0. The van der Waals surface area contributed by atoms with Crippen LogP contribution in [-0.2, 0) is 0 Å². The van der Waals surface area contributed by atoms with E-state index in [0.717, 1.165) is 11.1 Å². The topological polar surface area (TPSA) is 69.7 Å². The third-order valence-corrected chi connectivity index (χ3v) is 3.18. The maximum Gasteiger partial charge on any atom is 0.392 e. The van der Waals surface area contributed by atoms with E-state index in [1.165, 1.54) is 4.40 Å². The highest BCUT2D eigenvalue weighted by Gasteiger charge is 2.24. The van der Waals surface area contributed by atoms with Crippen LogP contribution in [0.1, 0.15) is 11.1 Å². The Labute approximate surface area is 120 Å². The molecule has 1 aromatic carbocycles. The normalized spacial score (nSPS) is 10.8. The zero-order valence-corrected chi connectivity index (χ0v) is 11.6. The minimum Gasteiger partial charge on any atom is -0.432 e. The third-order valence-electron chi connectivity index (χ3n) is 3.18. The second-order valence-corrected chi connectivity index (χ2v) is 4.80. The molecule has 0 saturated carbocycles. The molecule has 0 aliphatic heterocycles. The van der Waals surface area contributed by atoms with E-state index in [1.807, 2.05) is 26.0 Å². The van der Waals surface area contributed by atoms with E-state index in [0.29, 0.717) is 11.4 Å². The van der Waals surface area contributed by atoms with Crippen molar-refractivity contribution in [2.24, 2.45) is 0 Å². The van der Waals surface area contributed by atoms with Crippen LogP contribution in [0.25, 0.3) is 5.65 Å². The lowest BCUT2D eigenvalue weighted by atomic mass is 10.1. The lowest BCUT2D eigenvalue weighted by Gasteiger charge is -2.06. The van der Waals surface area contributed by atoms with Gasteiger partial charge in [-0.2, -0.15) is 9.38 Å². The molecule has 0 aliphatic carbocycles. The van der Waals surface area contributed by atoms with E-state index in [2.05, 4.69) is 4.98 Å². The average molecular weight is 283 g/mol. The summed E-state index contributed by atoms with van der Waals surface area (Å²) in [6.45, 7) is 3.87. The smallest absolute Gasteiger partial charge is 0.392 e. The van der Waals surface area contributed by atoms with Gasteiger partial charge in [0.15, 0.2) is 0 Å². The first kappa shape index (κ1) is 13.1. The number of fused-ring (bicyclic) bond motifs is 1. The molecule has 0 bridgehead atoms. The number of nitro groups is 1. The molecule has 0 saturated heterocycles. The van der Waals surface area contributed by atoms with Crippen LogP contribution < -0.4 is 4.74 Å². The molecule has 0 fully saturated rings. The van der Waals surface area contributed by atoms with Crippen molar-refractivity contribution in [3.8, 4) is 11.6 Å². The van der Waals surface area contributed by atoms with E-state index in [-0.39, 0.29) is 11.7 Å². The highest BCUT2D eigenvalue weighted by Crippen LogP contribution is 2.33. The van der Waals surface area contributed by atoms with Gasteiger partial charge in [-0.05, 0) is 36.5 Å². The van der Waals surface area contributed by atoms with Crippen LogP contribution >= 0.6 is 0 Å². The van der Waals surface area contributed by atoms with Gasteiger partial charge in [0.05, 0.1) is 6.20 Å². The molecule has 6 nitrogen and oxygen atoms in total. The summed E-state index contributed by atoms with van der Waals surface area (Å²) in [5.74, 6) is 0.385. The molecule has 0 amide bonds. The highest BCUT2D eigenvalue weighted by atomic mass is 16.6. The lowest BCUT2D eigenvalue weighted by molar-refractivity contribution is -0.391. The summed E-state index contributed by atoms with van der Waals surface area (Å²) < 4.78 is 7.07. The monoisotopic (exact) mass is 283 g/mol. The fourth-order valence-electron chi connectivity index (χ4n) is 2.21. The Morgan fingerprint density at radius 1 is 1.24 bits per heavy atom. The van der Waals surface area contributed by atoms with E-state index in [4.69, 9.17) is 4.74 Å². The SMILES string of the molecule is Cc1ccc(Oc2nc3ccccn3c2[N+](=O)[O-])c(C)c1. The number of hydrogen-bond donors (Lipinski definition) is 0. The van der Waals surface area contributed by atoms with E-state index in [9.17, 15) is 10.1 Å². The molecule has 0 N–H and O–H groups in total. The molecule has 0 radical (unpaired) electrons. The molecule has 0 aliphatic rings. The minimum atomic E-state index is -0.487. The predicted octanol–water partition coefficient (Wildman–Crippen LogP) is 3.65. The summed E-state index contributed by atoms with van der Waals surface area (Å²) in [6.07, 6.45) is 1.59. The van der Waals surface area contributed by atoms with Crippen LogP contribution in [-0.4, -0.2) is 14.3 Å². The van der Waals surface area contributed by atoms with Gasteiger partial charge in [-0.3, -0.25) is 0 Å². The van der Waals surface area contributed by atoms with Gasteiger partial charge in [-0.25, -0.2) is 0 Å². The molecular formula is C15H13N3O3. The molecule has 106 valence electrons. The number of nitrogens with zero attached hydrogens (tertiary/aromatic N) is 3. The van der Waals surface area contributed by atoms with Gasteiger partial charge in [0.2, 0.25) is 5.65 Å². The molecule has 6 heteroatoms. The largest absolute Gasteiger partial charge is 0.432 e. The Balaban J connectivity index is 2.12. The standard InChI is InChI=1S/C15H13N3O3/c1-10-6-7-12(11(2)9-10)21-14-15(18(19)20)17-8-4-3-5-13(17)16-14/h3-9H,1-2H3. The zero-order valence-electron chi connectivity index (χ0n) is 11.6. The average Bonchev–Trinajstić information content (AvgIpc) is 2.80. The molecule has 3 rings (SSSR count). The molecule has 0 unspecified atom stereocenters. The first-order chi connectivity index (χ1) is 10.1. The molecule has 0 atom stereocenters. The van der Waals surface area contributed by atoms with Gasteiger partial charge in [-0.1, -0.05) is 23.8 Å². The quantitative estimate of drug-likeness (QED) is 0.543. The summed E-state index contributed by atoms with van der Waals surface area (Å²) in [7, 11) is 0. The number of ether oxygens (including phenoxy) is 1. The summed E-state index contributed by atoms with van der Waals surface area (Å²) in [6, 6.07) is 10.8. The molecule has 21 heavy (non-hydrogen) atoms. The molecular weight excluding hydrogens is 270 g/mol. The Kier molecular flexibility index (Phi) is 3.06. The van der Waals surface area contributed by atoms with Gasteiger partial charge in [-0.15, -0.1) is 0 Å². The van der Waals surface area contributed by atoms with Crippen molar-refractivity contribution >= 4 is 11.5 Å². The van der Waals surface area contributed by atoms with Gasteiger partial charge in [0.1, 0.15) is 5.75 Å². The number of benzene rings is 1. The fraction of sp³-hybridized carbons (Fsp3) is 0.133. The Morgan fingerprint density at radius 3 is 2.76 bits per heavy atom. The van der Waals surface area contributed by atoms with Gasteiger partial charge in [0, 0.05) is 6.07 Å². The predicted molar refractivity (Wildman–Crippen MR) is 77.8 cm³/mol. The number of rotatable bonds is 3. The molecule has 2 heterocycles. The van der Waals surface area contributed by atoms with Crippen LogP contribution in [0.3, 0.4) is 0 Å². The van der Waals surface area contributed by atoms with E-state index in [1.54, 1.807) is 30.5 Å². The van der Waals surface area contributed by atoms with Crippen molar-refractivity contribution in [1.82, 2.24) is 9.38 Å². The third kappa shape index (κ3) is 2.31. The van der Waals surface area contributed by atoms with Gasteiger partial charge in [0.25, 0.3) is 0 Å². The summed E-state index contributed by atoms with van der Waals surface area (Å²) in [5, 5.41) is 11.3. The van der Waals surface area contributed by atoms with Crippen molar-refractivity contribution in [2.45, 2.75) is 13.8 Å². The first-order valence-electron chi connectivity index (χ1n) is 6.43. The van der Waals surface area contributed by atoms with E-state index < -0.39 is 4.92 Å². The van der Waals surface area contributed by atoms with Crippen LogP contribution in [0.15, 0.2) is 42.6 Å². The van der Waals surface area contributed by atoms with Gasteiger partial charge >= 0.3 is 11.7 Å². The van der Waals surface area contributed by atoms with Crippen LogP contribution in [0.2, 0.25) is 0 Å². The van der Waals surface area contributed by atoms with Crippen molar-refractivity contribution in [2.75, 3.05) is 0 Å². The second-order valence-electron chi connectivity index (χ2n) is 4.80. The Hall–Kier alpha value is -2.89. The number of aromatic nitrogens is 2. The maximum atomic E-state index is 11.3. The molecule has 0 spiro atoms. The van der Waals surface area contributed by atoms with Crippen LogP contribution in [0.4, 0.5) is 5.82 Å². The first-order valence-corrected chi connectivity index (χ1v) is 6.43. The van der Waals surface area contributed by atoms with Crippen molar-refractivity contribution in [3.05, 3.63) is 63.8 Å². The number of pyridine rings is 1. The maximum absolute atomic E-state index is 11.3. The number of hydrogen-bond acceptors (Lipinski definition) is 4. The van der Waals surface area contributed by atoms with Crippen molar-refractivity contribution < 1.29 is 9.66 Å². The summed E-state index contributed by atoms with van der Waals surface area (Å²) in [5.41, 5.74) is 2.48. The molecule has 2 aromatic heterocycles. The molecule has 3 aromatic rings.